The number of anilines is 1. The molecule has 1 saturated heterocycles. The molecule has 1 N–H and O–H groups in total. The largest absolute Gasteiger partial charge is 0.478 e. The number of hydrogen-bond acceptors (Lipinski definition) is 4. The fraction of sp³-hybridized carbons (Fsp3) is 0.286. The van der Waals surface area contributed by atoms with Gasteiger partial charge in [-0.3, -0.25) is 0 Å². The first-order valence-corrected chi connectivity index (χ1v) is 5.98. The molecule has 1 aliphatic rings. The van der Waals surface area contributed by atoms with E-state index in [-0.39, 0.29) is 0 Å². The van der Waals surface area contributed by atoms with E-state index in [4.69, 9.17) is 9.84 Å². The summed E-state index contributed by atoms with van der Waals surface area (Å²) in [6, 6.07) is 7.52. The van der Waals surface area contributed by atoms with Crippen LogP contribution in [-0.2, 0) is 9.53 Å². The molecule has 0 aromatic heterocycles. The Bertz CT molecular complexity index is 540. The van der Waals surface area contributed by atoms with E-state index in [9.17, 15) is 10.1 Å². The highest BCUT2D eigenvalue weighted by atomic mass is 16.5. The first kappa shape index (κ1) is 13.1. The summed E-state index contributed by atoms with van der Waals surface area (Å²) in [4.78, 5) is 12.6. The molecule has 1 aromatic carbocycles. The summed E-state index contributed by atoms with van der Waals surface area (Å²) < 4.78 is 5.28. The zero-order valence-corrected chi connectivity index (χ0v) is 10.4. The lowest BCUT2D eigenvalue weighted by Gasteiger charge is -2.29. The average molecular weight is 258 g/mol. The van der Waals surface area contributed by atoms with Gasteiger partial charge in [0.2, 0.25) is 0 Å². The molecule has 0 amide bonds. The number of morpholine rings is 1. The lowest BCUT2D eigenvalue weighted by Crippen LogP contribution is -2.36. The molecule has 19 heavy (non-hydrogen) atoms. The monoisotopic (exact) mass is 258 g/mol. The number of carboxylic acid groups (broad SMARTS) is 1. The van der Waals surface area contributed by atoms with Crippen LogP contribution in [0, 0.1) is 11.3 Å². The minimum atomic E-state index is -1.00. The molecular weight excluding hydrogens is 244 g/mol. The SMILES string of the molecule is N#Cc1cc(/C=C/C(=O)O)ccc1N1CCOCC1. The average Bonchev–Trinajstić information content (AvgIpc) is 2.45. The molecule has 5 nitrogen and oxygen atoms in total. The zero-order chi connectivity index (χ0) is 13.7. The van der Waals surface area contributed by atoms with Crippen LogP contribution in [-0.4, -0.2) is 37.4 Å². The maximum Gasteiger partial charge on any atom is 0.328 e. The fourth-order valence-electron chi connectivity index (χ4n) is 1.99. The molecule has 0 unspecified atom stereocenters. The number of carboxylic acids is 1. The number of carbonyl (C=O) groups is 1. The molecule has 1 fully saturated rings. The second-order valence-corrected chi connectivity index (χ2v) is 4.16. The molecule has 1 aromatic rings. The zero-order valence-electron chi connectivity index (χ0n) is 10.4. The van der Waals surface area contributed by atoms with Gasteiger partial charge in [-0.15, -0.1) is 0 Å². The van der Waals surface area contributed by atoms with Crippen LogP contribution in [0.25, 0.3) is 6.08 Å². The first-order chi connectivity index (χ1) is 9.20. The van der Waals surface area contributed by atoms with Crippen molar-refractivity contribution < 1.29 is 14.6 Å². The molecule has 0 spiro atoms. The number of benzene rings is 1. The Kier molecular flexibility index (Phi) is 4.16. The number of nitrogens with zero attached hydrogens (tertiary/aromatic N) is 2. The molecule has 98 valence electrons. The van der Waals surface area contributed by atoms with E-state index in [2.05, 4.69) is 11.0 Å². The second kappa shape index (κ2) is 6.03. The van der Waals surface area contributed by atoms with Crippen molar-refractivity contribution in [3.8, 4) is 6.07 Å². The molecule has 0 atom stereocenters. The Hall–Kier alpha value is -2.32. The van der Waals surface area contributed by atoms with Gasteiger partial charge in [-0.25, -0.2) is 4.79 Å². The summed E-state index contributed by atoms with van der Waals surface area (Å²) >= 11 is 0. The molecule has 5 heteroatoms. The van der Waals surface area contributed by atoms with E-state index >= 15 is 0 Å². The molecule has 0 aliphatic carbocycles. The highest BCUT2D eigenvalue weighted by molar-refractivity contribution is 5.85. The molecule has 0 saturated carbocycles. The van der Waals surface area contributed by atoms with Gasteiger partial charge in [0.1, 0.15) is 6.07 Å². The lowest BCUT2D eigenvalue weighted by atomic mass is 10.1. The van der Waals surface area contributed by atoms with Crippen LogP contribution in [0.1, 0.15) is 11.1 Å². The van der Waals surface area contributed by atoms with Gasteiger partial charge in [0.25, 0.3) is 0 Å². The van der Waals surface area contributed by atoms with E-state index < -0.39 is 5.97 Å². The van der Waals surface area contributed by atoms with E-state index in [1.54, 1.807) is 6.07 Å². The van der Waals surface area contributed by atoms with E-state index in [1.165, 1.54) is 6.08 Å². The topological polar surface area (TPSA) is 73.6 Å². The van der Waals surface area contributed by atoms with Crippen molar-refractivity contribution in [1.29, 1.82) is 5.26 Å². The van der Waals surface area contributed by atoms with Gasteiger partial charge >= 0.3 is 5.97 Å². The maximum atomic E-state index is 10.5. The van der Waals surface area contributed by atoms with Crippen molar-refractivity contribution in [3.05, 3.63) is 35.4 Å². The Balaban J connectivity index is 2.26. The highest BCUT2D eigenvalue weighted by Gasteiger charge is 2.14. The molecule has 0 bridgehead atoms. The van der Waals surface area contributed by atoms with Crippen molar-refractivity contribution >= 4 is 17.7 Å². The maximum absolute atomic E-state index is 10.5. The summed E-state index contributed by atoms with van der Waals surface area (Å²) in [6.07, 6.45) is 2.54. The number of hydrogen-bond donors (Lipinski definition) is 1. The van der Waals surface area contributed by atoms with Crippen LogP contribution in [0.5, 0.6) is 0 Å². The third-order valence-corrected chi connectivity index (χ3v) is 2.91. The highest BCUT2D eigenvalue weighted by Crippen LogP contribution is 2.23. The fourth-order valence-corrected chi connectivity index (χ4v) is 1.99. The van der Waals surface area contributed by atoms with Crippen LogP contribution in [0.4, 0.5) is 5.69 Å². The molecule has 1 heterocycles. The van der Waals surface area contributed by atoms with Gasteiger partial charge in [0.15, 0.2) is 0 Å². The van der Waals surface area contributed by atoms with Crippen LogP contribution < -0.4 is 4.90 Å². The summed E-state index contributed by atoms with van der Waals surface area (Å²) in [7, 11) is 0. The van der Waals surface area contributed by atoms with Crippen molar-refractivity contribution in [2.45, 2.75) is 0 Å². The third-order valence-electron chi connectivity index (χ3n) is 2.91. The first-order valence-electron chi connectivity index (χ1n) is 5.98. The molecule has 0 radical (unpaired) electrons. The minimum Gasteiger partial charge on any atom is -0.478 e. The van der Waals surface area contributed by atoms with Gasteiger partial charge in [-0.1, -0.05) is 6.07 Å². The van der Waals surface area contributed by atoms with Gasteiger partial charge in [-0.05, 0) is 23.8 Å². The Morgan fingerprint density at radius 2 is 2.16 bits per heavy atom. The van der Waals surface area contributed by atoms with Crippen molar-refractivity contribution in [2.24, 2.45) is 0 Å². The Labute approximate surface area is 111 Å². The smallest absolute Gasteiger partial charge is 0.328 e. The summed E-state index contributed by atoms with van der Waals surface area (Å²) in [5.41, 5.74) is 2.13. The second-order valence-electron chi connectivity index (χ2n) is 4.16. The van der Waals surface area contributed by atoms with Gasteiger partial charge < -0.3 is 14.7 Å². The predicted octanol–water partition coefficient (Wildman–Crippen LogP) is 1.49. The van der Waals surface area contributed by atoms with Crippen molar-refractivity contribution in [3.63, 3.8) is 0 Å². The van der Waals surface area contributed by atoms with Crippen LogP contribution in [0.15, 0.2) is 24.3 Å². The summed E-state index contributed by atoms with van der Waals surface area (Å²) in [5.74, 6) is -1.00. The third kappa shape index (κ3) is 3.33. The van der Waals surface area contributed by atoms with E-state index in [1.807, 2.05) is 12.1 Å². The van der Waals surface area contributed by atoms with Crippen LogP contribution in [0.3, 0.4) is 0 Å². The number of ether oxygens (including phenoxy) is 1. The predicted molar refractivity (Wildman–Crippen MR) is 70.9 cm³/mol. The molecule has 2 rings (SSSR count). The lowest BCUT2D eigenvalue weighted by molar-refractivity contribution is -0.131. The van der Waals surface area contributed by atoms with Crippen LogP contribution >= 0.6 is 0 Å². The summed E-state index contributed by atoms with van der Waals surface area (Å²) in [6.45, 7) is 2.84. The van der Waals surface area contributed by atoms with Gasteiger partial charge in [0.05, 0.1) is 24.5 Å². The number of nitriles is 1. The van der Waals surface area contributed by atoms with Gasteiger partial charge in [-0.2, -0.15) is 5.26 Å². The van der Waals surface area contributed by atoms with Crippen molar-refractivity contribution in [1.82, 2.24) is 0 Å². The standard InChI is InChI=1S/C14H14N2O3/c15-10-12-9-11(2-4-14(17)18)1-3-13(12)16-5-7-19-8-6-16/h1-4,9H,5-8H2,(H,17,18)/b4-2+. The van der Waals surface area contributed by atoms with Gasteiger partial charge in [0, 0.05) is 19.2 Å². The minimum absolute atomic E-state index is 0.550. The summed E-state index contributed by atoms with van der Waals surface area (Å²) in [5, 5.41) is 17.8. The normalized spacial score (nSPS) is 15.4. The Morgan fingerprint density at radius 3 is 2.79 bits per heavy atom. The van der Waals surface area contributed by atoms with E-state index in [0.717, 1.165) is 24.9 Å². The van der Waals surface area contributed by atoms with Crippen molar-refractivity contribution in [2.75, 3.05) is 31.2 Å². The molecule has 1 aliphatic heterocycles. The number of rotatable bonds is 3. The number of aliphatic carboxylic acids is 1. The van der Waals surface area contributed by atoms with Crippen LogP contribution in [0.2, 0.25) is 0 Å². The quantitative estimate of drug-likeness (QED) is 0.831. The Morgan fingerprint density at radius 1 is 1.42 bits per heavy atom. The van der Waals surface area contributed by atoms with E-state index in [0.29, 0.717) is 24.3 Å². The molecular formula is C14H14N2O3.